The highest BCUT2D eigenvalue weighted by atomic mass is 16.6. The maximum atomic E-state index is 12.1. The zero-order chi connectivity index (χ0) is 15.2. The molecule has 116 valence electrons. The van der Waals surface area contributed by atoms with E-state index in [1.54, 1.807) is 19.1 Å². The number of methoxy groups -OCH3 is 1. The van der Waals surface area contributed by atoms with Crippen LogP contribution < -0.4 is 14.8 Å². The zero-order valence-corrected chi connectivity index (χ0v) is 12.2. The van der Waals surface area contributed by atoms with Crippen LogP contribution >= 0.6 is 0 Å². The maximum absolute atomic E-state index is 12.1. The number of carbonyl (C=O) groups excluding carboxylic acids is 1. The molecule has 1 heterocycles. The summed E-state index contributed by atoms with van der Waals surface area (Å²) in [4.78, 5) is 12.1. The van der Waals surface area contributed by atoms with Crippen molar-refractivity contribution in [3.8, 4) is 11.5 Å². The highest BCUT2D eigenvalue weighted by Gasteiger charge is 2.33. The Bertz CT molecular complexity index is 479. The Morgan fingerprint density at radius 1 is 1.38 bits per heavy atom. The van der Waals surface area contributed by atoms with Gasteiger partial charge in [-0.05, 0) is 25.5 Å². The molecule has 0 bridgehead atoms. The minimum Gasteiger partial charge on any atom is -0.482 e. The molecule has 3 atom stereocenters. The summed E-state index contributed by atoms with van der Waals surface area (Å²) < 4.78 is 16.2. The minimum absolute atomic E-state index is 0.249. The van der Waals surface area contributed by atoms with E-state index < -0.39 is 12.2 Å². The van der Waals surface area contributed by atoms with E-state index in [0.717, 1.165) is 0 Å². The predicted octanol–water partition coefficient (Wildman–Crippen LogP) is 0.728. The molecule has 2 N–H and O–H groups in total. The number of benzene rings is 1. The van der Waals surface area contributed by atoms with Crippen LogP contribution in [0.3, 0.4) is 0 Å². The van der Waals surface area contributed by atoms with E-state index in [9.17, 15) is 9.90 Å². The van der Waals surface area contributed by atoms with Crippen molar-refractivity contribution in [1.82, 2.24) is 5.32 Å². The number of hydrogen-bond donors (Lipinski definition) is 2. The summed E-state index contributed by atoms with van der Waals surface area (Å²) in [6.45, 7) is 2.40. The van der Waals surface area contributed by atoms with Gasteiger partial charge in [-0.3, -0.25) is 4.79 Å². The predicted molar refractivity (Wildman–Crippen MR) is 76.5 cm³/mol. The lowest BCUT2D eigenvalue weighted by molar-refractivity contribution is -0.133. The van der Waals surface area contributed by atoms with Crippen LogP contribution in [0.5, 0.6) is 11.5 Å². The number of nitrogens with one attached hydrogen (secondary N) is 1. The molecule has 0 aromatic heterocycles. The largest absolute Gasteiger partial charge is 0.482 e. The summed E-state index contributed by atoms with van der Waals surface area (Å²) in [6.07, 6.45) is -1.22. The fourth-order valence-corrected chi connectivity index (χ4v) is 2.14. The number of hydrogen-bond acceptors (Lipinski definition) is 5. The Balaban J connectivity index is 1.86. The molecule has 2 rings (SSSR count). The minimum atomic E-state index is -0.695. The number of aliphatic hydroxyl groups excluding tert-OH is 1. The van der Waals surface area contributed by atoms with E-state index in [-0.39, 0.29) is 18.6 Å². The van der Waals surface area contributed by atoms with Gasteiger partial charge < -0.3 is 24.6 Å². The van der Waals surface area contributed by atoms with Gasteiger partial charge in [0, 0.05) is 13.7 Å². The first-order valence-electron chi connectivity index (χ1n) is 6.99. The number of ether oxygens (including phenoxy) is 3. The van der Waals surface area contributed by atoms with E-state index >= 15 is 0 Å². The van der Waals surface area contributed by atoms with Gasteiger partial charge in [0.1, 0.15) is 6.10 Å². The van der Waals surface area contributed by atoms with Crippen LogP contribution in [0.25, 0.3) is 0 Å². The van der Waals surface area contributed by atoms with Crippen molar-refractivity contribution < 1.29 is 24.1 Å². The molecule has 0 aliphatic carbocycles. The van der Waals surface area contributed by atoms with Gasteiger partial charge in [-0.25, -0.2) is 0 Å². The Kier molecular flexibility index (Phi) is 5.41. The lowest BCUT2D eigenvalue weighted by atomic mass is 10.1. The molecule has 0 radical (unpaired) electrons. The normalized spacial score (nSPS) is 21.7. The number of amides is 1. The van der Waals surface area contributed by atoms with Crippen molar-refractivity contribution >= 4 is 5.91 Å². The van der Waals surface area contributed by atoms with Gasteiger partial charge in [-0.2, -0.15) is 0 Å². The molecule has 0 saturated carbocycles. The lowest BCUT2D eigenvalue weighted by Crippen LogP contribution is -2.49. The molecule has 3 unspecified atom stereocenters. The highest BCUT2D eigenvalue weighted by molar-refractivity contribution is 5.82. The van der Waals surface area contributed by atoms with Gasteiger partial charge in [-0.1, -0.05) is 12.1 Å². The lowest BCUT2D eigenvalue weighted by Gasteiger charge is -2.31. The van der Waals surface area contributed by atoms with Crippen LogP contribution in [0.15, 0.2) is 24.3 Å². The van der Waals surface area contributed by atoms with Crippen molar-refractivity contribution in [2.24, 2.45) is 0 Å². The van der Waals surface area contributed by atoms with Gasteiger partial charge in [0.15, 0.2) is 11.5 Å². The van der Waals surface area contributed by atoms with E-state index in [0.29, 0.717) is 24.5 Å². The van der Waals surface area contributed by atoms with Crippen LogP contribution in [0.2, 0.25) is 0 Å². The third kappa shape index (κ3) is 4.09. The fraction of sp³-hybridized carbons (Fsp3) is 0.533. The van der Waals surface area contributed by atoms with Gasteiger partial charge in [0.05, 0.1) is 12.7 Å². The Labute approximate surface area is 124 Å². The molecular weight excluding hydrogens is 274 g/mol. The molecule has 6 nitrogen and oxygen atoms in total. The monoisotopic (exact) mass is 295 g/mol. The summed E-state index contributed by atoms with van der Waals surface area (Å²) in [6, 6.07) is 7.26. The van der Waals surface area contributed by atoms with Crippen molar-refractivity contribution in [3.63, 3.8) is 0 Å². The zero-order valence-electron chi connectivity index (χ0n) is 12.2. The van der Waals surface area contributed by atoms with Gasteiger partial charge in [-0.15, -0.1) is 0 Å². The quantitative estimate of drug-likeness (QED) is 0.809. The summed E-state index contributed by atoms with van der Waals surface area (Å²) in [5, 5.41) is 12.3. The van der Waals surface area contributed by atoms with Crippen molar-refractivity contribution in [2.75, 3.05) is 20.3 Å². The third-order valence-electron chi connectivity index (χ3n) is 3.24. The average molecular weight is 295 g/mol. The van der Waals surface area contributed by atoms with Gasteiger partial charge in [0.25, 0.3) is 5.91 Å². The number of carbonyl (C=O) groups is 1. The van der Waals surface area contributed by atoms with Crippen LogP contribution in [0.1, 0.15) is 13.3 Å². The van der Waals surface area contributed by atoms with E-state index in [1.165, 1.54) is 7.11 Å². The Morgan fingerprint density at radius 2 is 2.05 bits per heavy atom. The van der Waals surface area contributed by atoms with Crippen LogP contribution in [0, 0.1) is 0 Å². The molecular formula is C15H21NO5. The number of fused-ring (bicyclic) bond motifs is 1. The second kappa shape index (κ2) is 7.28. The average Bonchev–Trinajstić information content (AvgIpc) is 2.46. The van der Waals surface area contributed by atoms with Crippen LogP contribution in [-0.2, 0) is 9.53 Å². The van der Waals surface area contributed by atoms with E-state index in [2.05, 4.69) is 5.32 Å². The number of para-hydroxylation sites is 2. The van der Waals surface area contributed by atoms with Crippen LogP contribution in [0.4, 0.5) is 0 Å². The Hall–Kier alpha value is -1.79. The molecule has 1 aliphatic rings. The SMILES string of the molecule is COCC(O)CCNC(=O)C1Oc2ccccc2OC1C. The molecule has 21 heavy (non-hydrogen) atoms. The second-order valence-electron chi connectivity index (χ2n) is 5.00. The standard InChI is InChI=1S/C15H21NO5/c1-10-14(15(18)16-8-7-11(17)9-19-2)21-13-6-4-3-5-12(13)20-10/h3-6,10-11,14,17H,7-9H2,1-2H3,(H,16,18). The van der Waals surface area contributed by atoms with Crippen molar-refractivity contribution in [3.05, 3.63) is 24.3 Å². The smallest absolute Gasteiger partial charge is 0.265 e. The van der Waals surface area contributed by atoms with Gasteiger partial charge in [0.2, 0.25) is 6.10 Å². The topological polar surface area (TPSA) is 77.0 Å². The second-order valence-corrected chi connectivity index (χ2v) is 5.00. The highest BCUT2D eigenvalue weighted by Crippen LogP contribution is 2.33. The first-order valence-corrected chi connectivity index (χ1v) is 6.99. The summed E-state index contributed by atoms with van der Waals surface area (Å²) in [5.74, 6) is 0.960. The molecule has 0 spiro atoms. The first-order chi connectivity index (χ1) is 10.1. The molecule has 0 saturated heterocycles. The maximum Gasteiger partial charge on any atom is 0.265 e. The van der Waals surface area contributed by atoms with Crippen molar-refractivity contribution in [2.45, 2.75) is 31.7 Å². The van der Waals surface area contributed by atoms with Crippen molar-refractivity contribution in [1.29, 1.82) is 0 Å². The van der Waals surface area contributed by atoms with Crippen LogP contribution in [-0.4, -0.2) is 49.6 Å². The molecule has 6 heteroatoms. The summed E-state index contributed by atoms with van der Waals surface area (Å²) in [5.41, 5.74) is 0. The molecule has 1 aliphatic heterocycles. The number of aliphatic hydroxyl groups is 1. The third-order valence-corrected chi connectivity index (χ3v) is 3.24. The van der Waals surface area contributed by atoms with E-state index in [4.69, 9.17) is 14.2 Å². The molecule has 1 aromatic carbocycles. The molecule has 1 amide bonds. The van der Waals surface area contributed by atoms with Gasteiger partial charge >= 0.3 is 0 Å². The fourth-order valence-electron chi connectivity index (χ4n) is 2.14. The number of rotatable bonds is 6. The first kappa shape index (κ1) is 15.6. The Morgan fingerprint density at radius 3 is 2.71 bits per heavy atom. The molecule has 1 aromatic rings. The summed E-state index contributed by atoms with van der Waals surface area (Å²) in [7, 11) is 1.52. The molecule has 0 fully saturated rings. The summed E-state index contributed by atoms with van der Waals surface area (Å²) >= 11 is 0. The van der Waals surface area contributed by atoms with E-state index in [1.807, 2.05) is 12.1 Å².